The molecule has 1 atom stereocenters. The lowest BCUT2D eigenvalue weighted by Crippen LogP contribution is -2.47. The third-order valence-corrected chi connectivity index (χ3v) is 7.28. The third-order valence-electron chi connectivity index (χ3n) is 7.28. The Hall–Kier alpha value is -3.48. The van der Waals surface area contributed by atoms with Gasteiger partial charge in [-0.05, 0) is 66.6 Å². The SMILES string of the molecule is O=C(NC(CCN1CCC(O)(Cn2ccc3ccccc32)CC1)c1ccccc1)c1ccc(F)cc1. The second-order valence-corrected chi connectivity index (χ2v) is 9.80. The summed E-state index contributed by atoms with van der Waals surface area (Å²) in [7, 11) is 0. The number of carbonyl (C=O) groups is 1. The molecule has 1 aromatic heterocycles. The molecule has 1 aliphatic rings. The smallest absolute Gasteiger partial charge is 0.251 e. The summed E-state index contributed by atoms with van der Waals surface area (Å²) in [5, 5.41) is 15.6. The molecule has 4 aromatic rings. The molecule has 0 bridgehead atoms. The van der Waals surface area contributed by atoms with Crippen LogP contribution in [0.2, 0.25) is 0 Å². The second kappa shape index (κ2) is 10.6. The highest BCUT2D eigenvalue weighted by atomic mass is 19.1. The van der Waals surface area contributed by atoms with Crippen LogP contribution >= 0.6 is 0 Å². The molecule has 5 rings (SSSR count). The van der Waals surface area contributed by atoms with Crippen LogP contribution < -0.4 is 5.32 Å². The van der Waals surface area contributed by atoms with Crippen LogP contribution in [-0.4, -0.2) is 45.7 Å². The van der Waals surface area contributed by atoms with Gasteiger partial charge >= 0.3 is 0 Å². The van der Waals surface area contributed by atoms with Crippen LogP contribution in [0.1, 0.15) is 41.2 Å². The van der Waals surface area contributed by atoms with E-state index in [1.165, 1.54) is 29.7 Å². The van der Waals surface area contributed by atoms with Crippen molar-refractivity contribution in [3.05, 3.63) is 108 Å². The number of amides is 1. The van der Waals surface area contributed by atoms with Crippen molar-refractivity contribution in [3.63, 3.8) is 0 Å². The Morgan fingerprint density at radius 3 is 2.39 bits per heavy atom. The van der Waals surface area contributed by atoms with Gasteiger partial charge in [-0.2, -0.15) is 0 Å². The van der Waals surface area contributed by atoms with E-state index in [4.69, 9.17) is 0 Å². The molecule has 0 saturated carbocycles. The maximum Gasteiger partial charge on any atom is 0.251 e. The lowest BCUT2D eigenvalue weighted by molar-refractivity contribution is -0.0336. The lowest BCUT2D eigenvalue weighted by Gasteiger charge is -2.39. The average Bonchev–Trinajstić information content (AvgIpc) is 3.30. The molecule has 2 heterocycles. The summed E-state index contributed by atoms with van der Waals surface area (Å²) in [5.41, 5.74) is 1.91. The Morgan fingerprint density at radius 2 is 1.64 bits per heavy atom. The zero-order chi connectivity index (χ0) is 25.0. The van der Waals surface area contributed by atoms with Crippen molar-refractivity contribution < 1.29 is 14.3 Å². The number of aromatic nitrogens is 1. The minimum absolute atomic E-state index is 0.157. The van der Waals surface area contributed by atoms with Gasteiger partial charge in [-0.1, -0.05) is 48.5 Å². The second-order valence-electron chi connectivity index (χ2n) is 9.80. The molecule has 2 N–H and O–H groups in total. The number of nitrogens with one attached hydrogen (secondary N) is 1. The number of carbonyl (C=O) groups excluding carboxylic acids is 1. The fourth-order valence-electron chi connectivity index (χ4n) is 5.11. The highest BCUT2D eigenvalue weighted by Crippen LogP contribution is 2.28. The zero-order valence-corrected chi connectivity index (χ0v) is 20.3. The Bertz CT molecular complexity index is 1290. The van der Waals surface area contributed by atoms with Gasteiger partial charge in [-0.3, -0.25) is 4.79 Å². The van der Waals surface area contributed by atoms with Gasteiger partial charge in [0.05, 0.1) is 18.2 Å². The average molecular weight is 486 g/mol. The predicted molar refractivity (Wildman–Crippen MR) is 140 cm³/mol. The van der Waals surface area contributed by atoms with Gasteiger partial charge < -0.3 is 19.9 Å². The molecule has 6 heteroatoms. The first kappa shape index (κ1) is 24.2. The van der Waals surface area contributed by atoms with Crippen molar-refractivity contribution in [2.75, 3.05) is 19.6 Å². The monoisotopic (exact) mass is 485 g/mol. The molecule has 1 amide bonds. The number of likely N-dealkylation sites (tertiary alicyclic amines) is 1. The fraction of sp³-hybridized carbons (Fsp3) is 0.300. The molecule has 1 saturated heterocycles. The Balaban J connectivity index is 1.19. The number of piperidine rings is 1. The van der Waals surface area contributed by atoms with E-state index in [1.807, 2.05) is 42.5 Å². The van der Waals surface area contributed by atoms with Gasteiger partial charge in [0.25, 0.3) is 5.91 Å². The molecule has 3 aromatic carbocycles. The number of fused-ring (bicyclic) bond motifs is 1. The van der Waals surface area contributed by atoms with Crippen molar-refractivity contribution in [2.45, 2.75) is 37.5 Å². The van der Waals surface area contributed by atoms with Crippen LogP contribution in [0.5, 0.6) is 0 Å². The van der Waals surface area contributed by atoms with Crippen LogP contribution in [0.15, 0.2) is 91.1 Å². The van der Waals surface area contributed by atoms with E-state index in [0.717, 1.165) is 37.1 Å². The van der Waals surface area contributed by atoms with Gasteiger partial charge in [0.15, 0.2) is 0 Å². The first-order chi connectivity index (χ1) is 17.5. The third kappa shape index (κ3) is 5.66. The predicted octanol–water partition coefficient (Wildman–Crippen LogP) is 5.17. The number of hydrogen-bond acceptors (Lipinski definition) is 3. The van der Waals surface area contributed by atoms with E-state index < -0.39 is 5.60 Å². The molecule has 0 spiro atoms. The summed E-state index contributed by atoms with van der Waals surface area (Å²) < 4.78 is 15.4. The standard InChI is InChI=1S/C30H32FN3O2/c31-26-12-10-25(11-13-26)29(35)32-27(23-6-2-1-3-7-23)15-18-33-20-16-30(36,17-21-33)22-34-19-14-24-8-4-5-9-28(24)34/h1-14,19,27,36H,15-18,20-22H2,(H,32,35). The van der Waals surface area contributed by atoms with Crippen LogP contribution in [0.25, 0.3) is 10.9 Å². The van der Waals surface area contributed by atoms with E-state index >= 15 is 0 Å². The molecule has 36 heavy (non-hydrogen) atoms. The van der Waals surface area contributed by atoms with Crippen molar-refractivity contribution >= 4 is 16.8 Å². The molecule has 1 fully saturated rings. The zero-order valence-electron chi connectivity index (χ0n) is 20.3. The largest absolute Gasteiger partial charge is 0.388 e. The minimum Gasteiger partial charge on any atom is -0.388 e. The highest BCUT2D eigenvalue weighted by molar-refractivity contribution is 5.94. The molecule has 0 radical (unpaired) electrons. The summed E-state index contributed by atoms with van der Waals surface area (Å²) in [4.78, 5) is 15.2. The first-order valence-corrected chi connectivity index (χ1v) is 12.6. The van der Waals surface area contributed by atoms with Crippen molar-refractivity contribution in [1.29, 1.82) is 0 Å². The van der Waals surface area contributed by atoms with Gasteiger partial charge in [0.2, 0.25) is 0 Å². The van der Waals surface area contributed by atoms with E-state index in [1.54, 1.807) is 0 Å². The summed E-state index contributed by atoms with van der Waals surface area (Å²) in [6, 6.07) is 25.8. The van der Waals surface area contributed by atoms with Crippen LogP contribution in [0.4, 0.5) is 4.39 Å². The topological polar surface area (TPSA) is 57.5 Å². The summed E-state index contributed by atoms with van der Waals surface area (Å²) >= 11 is 0. The Morgan fingerprint density at radius 1 is 0.944 bits per heavy atom. The minimum atomic E-state index is -0.728. The molecule has 0 aliphatic carbocycles. The van der Waals surface area contributed by atoms with Crippen molar-refractivity contribution in [3.8, 4) is 0 Å². The van der Waals surface area contributed by atoms with E-state index in [2.05, 4.69) is 39.2 Å². The van der Waals surface area contributed by atoms with Crippen molar-refractivity contribution in [2.24, 2.45) is 0 Å². The summed E-state index contributed by atoms with van der Waals surface area (Å²) in [5.74, 6) is -0.572. The van der Waals surface area contributed by atoms with E-state index in [-0.39, 0.29) is 17.8 Å². The number of rotatable bonds is 8. The highest BCUT2D eigenvalue weighted by Gasteiger charge is 2.33. The van der Waals surface area contributed by atoms with Crippen molar-refractivity contribution in [1.82, 2.24) is 14.8 Å². The van der Waals surface area contributed by atoms with Gasteiger partial charge in [-0.25, -0.2) is 4.39 Å². The van der Waals surface area contributed by atoms with Crippen LogP contribution in [0.3, 0.4) is 0 Å². The number of nitrogens with zero attached hydrogens (tertiary/aromatic N) is 2. The lowest BCUT2D eigenvalue weighted by atomic mass is 9.90. The van der Waals surface area contributed by atoms with Gasteiger partial charge in [0, 0.05) is 36.9 Å². The molecular weight excluding hydrogens is 453 g/mol. The number of aliphatic hydroxyl groups is 1. The molecule has 5 nitrogen and oxygen atoms in total. The van der Waals surface area contributed by atoms with Gasteiger partial charge in [0.1, 0.15) is 5.82 Å². The van der Waals surface area contributed by atoms with Crippen LogP contribution in [0, 0.1) is 5.82 Å². The number of para-hydroxylation sites is 1. The van der Waals surface area contributed by atoms with E-state index in [9.17, 15) is 14.3 Å². The summed E-state index contributed by atoms with van der Waals surface area (Å²) in [6.07, 6.45) is 4.22. The number of hydrogen-bond donors (Lipinski definition) is 2. The fourth-order valence-corrected chi connectivity index (χ4v) is 5.11. The van der Waals surface area contributed by atoms with E-state index in [0.29, 0.717) is 24.9 Å². The van der Waals surface area contributed by atoms with Gasteiger partial charge in [-0.15, -0.1) is 0 Å². The number of halogens is 1. The Labute approximate surface area is 211 Å². The molecular formula is C30H32FN3O2. The van der Waals surface area contributed by atoms with Crippen LogP contribution in [-0.2, 0) is 6.54 Å². The maximum absolute atomic E-state index is 13.3. The molecule has 1 unspecified atom stereocenters. The first-order valence-electron chi connectivity index (χ1n) is 12.6. The molecule has 1 aliphatic heterocycles. The Kier molecular flexibility index (Phi) is 7.16. The summed E-state index contributed by atoms with van der Waals surface area (Å²) in [6.45, 7) is 3.02. The maximum atomic E-state index is 13.3. The normalized spacial score (nSPS) is 16.6. The molecule has 186 valence electrons. The quantitative estimate of drug-likeness (QED) is 0.362. The number of benzene rings is 3.